The van der Waals surface area contributed by atoms with E-state index in [2.05, 4.69) is 9.88 Å². The summed E-state index contributed by atoms with van der Waals surface area (Å²) in [5.41, 5.74) is 0.920. The first-order valence-electron chi connectivity index (χ1n) is 8.21. The third-order valence-corrected chi connectivity index (χ3v) is 4.68. The fourth-order valence-corrected chi connectivity index (χ4v) is 3.36. The summed E-state index contributed by atoms with van der Waals surface area (Å²) in [6, 6.07) is 7.00. The van der Waals surface area contributed by atoms with Crippen LogP contribution in [0, 0.1) is 11.7 Å². The Bertz CT molecular complexity index is 650. The molecule has 3 nitrogen and oxygen atoms in total. The second-order valence-corrected chi connectivity index (χ2v) is 6.57. The van der Waals surface area contributed by atoms with Crippen LogP contribution in [0.3, 0.4) is 0 Å². The average molecular weight is 300 g/mol. The molecule has 1 unspecified atom stereocenters. The van der Waals surface area contributed by atoms with Crippen LogP contribution in [0.5, 0.6) is 0 Å². The summed E-state index contributed by atoms with van der Waals surface area (Å²) >= 11 is 0. The molecule has 2 aromatic rings. The van der Waals surface area contributed by atoms with E-state index < -0.39 is 0 Å². The maximum Gasteiger partial charge on any atom is 0.211 e. The lowest BCUT2D eigenvalue weighted by Crippen LogP contribution is -2.25. The molecule has 2 aliphatic rings. The molecule has 1 atom stereocenters. The molecule has 1 aromatic carbocycles. The number of rotatable bonds is 5. The molecule has 116 valence electrons. The maximum atomic E-state index is 13.2. The van der Waals surface area contributed by atoms with E-state index >= 15 is 0 Å². The van der Waals surface area contributed by atoms with Crippen LogP contribution < -0.4 is 0 Å². The number of hydrogen-bond acceptors (Lipinski definition) is 3. The second kappa shape index (κ2) is 5.84. The number of likely N-dealkylation sites (tertiary alicyclic amines) is 1. The predicted octanol–water partition coefficient (Wildman–Crippen LogP) is 3.95. The lowest BCUT2D eigenvalue weighted by Gasteiger charge is -2.21. The summed E-state index contributed by atoms with van der Waals surface area (Å²) in [6.45, 7) is 2.34. The van der Waals surface area contributed by atoms with E-state index in [1.807, 2.05) is 6.07 Å². The summed E-state index contributed by atoms with van der Waals surface area (Å²) in [5, 5.41) is 0. The Kier molecular flexibility index (Phi) is 3.70. The van der Waals surface area contributed by atoms with Crippen molar-refractivity contribution in [2.24, 2.45) is 5.92 Å². The van der Waals surface area contributed by atoms with Gasteiger partial charge in [0.2, 0.25) is 5.89 Å². The minimum atomic E-state index is -0.205. The van der Waals surface area contributed by atoms with Crippen LogP contribution in [0.25, 0.3) is 0 Å². The van der Waals surface area contributed by atoms with Gasteiger partial charge in [0.05, 0.1) is 12.2 Å². The van der Waals surface area contributed by atoms with Gasteiger partial charge in [-0.3, -0.25) is 4.90 Å². The van der Waals surface area contributed by atoms with E-state index in [1.54, 1.807) is 18.3 Å². The van der Waals surface area contributed by atoms with E-state index in [1.165, 1.54) is 31.9 Å². The first kappa shape index (κ1) is 13.9. The quantitative estimate of drug-likeness (QED) is 0.837. The summed E-state index contributed by atoms with van der Waals surface area (Å²) in [5.74, 6) is 2.34. The minimum Gasteiger partial charge on any atom is -0.444 e. The number of nitrogens with zero attached hydrogens (tertiary/aromatic N) is 2. The number of hydrogen-bond donors (Lipinski definition) is 0. The smallest absolute Gasteiger partial charge is 0.211 e. The van der Waals surface area contributed by atoms with E-state index in [4.69, 9.17) is 4.42 Å². The van der Waals surface area contributed by atoms with Crippen molar-refractivity contribution in [3.8, 4) is 0 Å². The van der Waals surface area contributed by atoms with E-state index in [-0.39, 0.29) is 5.82 Å². The lowest BCUT2D eigenvalue weighted by molar-refractivity contribution is 0.212. The van der Waals surface area contributed by atoms with Gasteiger partial charge in [0, 0.05) is 13.0 Å². The van der Waals surface area contributed by atoms with Crippen molar-refractivity contribution >= 4 is 0 Å². The summed E-state index contributed by atoms with van der Waals surface area (Å²) in [4.78, 5) is 7.02. The Morgan fingerprint density at radius 3 is 3.00 bits per heavy atom. The Balaban J connectivity index is 1.46. The molecule has 1 aliphatic carbocycles. The highest BCUT2D eigenvalue weighted by Crippen LogP contribution is 2.37. The molecule has 1 saturated heterocycles. The monoisotopic (exact) mass is 300 g/mol. The van der Waals surface area contributed by atoms with Crippen LogP contribution in [-0.4, -0.2) is 23.0 Å². The van der Waals surface area contributed by atoms with E-state index in [9.17, 15) is 4.39 Å². The van der Waals surface area contributed by atoms with Gasteiger partial charge < -0.3 is 4.42 Å². The second-order valence-electron chi connectivity index (χ2n) is 6.57. The maximum absolute atomic E-state index is 13.2. The zero-order valence-electron chi connectivity index (χ0n) is 12.7. The molecule has 1 aromatic heterocycles. The SMILES string of the molecule is Fc1cccc(Cc2cnc(C3CCCN3CC3CC3)o2)c1. The Morgan fingerprint density at radius 2 is 2.18 bits per heavy atom. The fourth-order valence-electron chi connectivity index (χ4n) is 3.36. The van der Waals surface area contributed by atoms with Crippen molar-refractivity contribution in [3.63, 3.8) is 0 Å². The molecule has 4 heteroatoms. The topological polar surface area (TPSA) is 29.3 Å². The van der Waals surface area contributed by atoms with Crippen molar-refractivity contribution in [3.05, 3.63) is 53.5 Å². The van der Waals surface area contributed by atoms with Crippen LogP contribution >= 0.6 is 0 Å². The van der Waals surface area contributed by atoms with Gasteiger partial charge in [-0.2, -0.15) is 0 Å². The zero-order chi connectivity index (χ0) is 14.9. The molecule has 2 fully saturated rings. The first-order chi connectivity index (χ1) is 10.8. The van der Waals surface area contributed by atoms with E-state index in [0.29, 0.717) is 12.5 Å². The zero-order valence-corrected chi connectivity index (χ0v) is 12.7. The Labute approximate surface area is 130 Å². The van der Waals surface area contributed by atoms with Gasteiger partial charge in [-0.15, -0.1) is 0 Å². The van der Waals surface area contributed by atoms with Crippen molar-refractivity contribution in [1.29, 1.82) is 0 Å². The molecular weight excluding hydrogens is 279 g/mol. The van der Waals surface area contributed by atoms with Crippen molar-refractivity contribution in [1.82, 2.24) is 9.88 Å². The highest BCUT2D eigenvalue weighted by Gasteiger charge is 2.34. The Morgan fingerprint density at radius 1 is 1.27 bits per heavy atom. The molecule has 0 N–H and O–H groups in total. The molecule has 0 spiro atoms. The van der Waals surface area contributed by atoms with Crippen LogP contribution in [0.1, 0.15) is 48.9 Å². The largest absolute Gasteiger partial charge is 0.444 e. The normalized spacial score (nSPS) is 22.3. The van der Waals surface area contributed by atoms with Gasteiger partial charge in [0.1, 0.15) is 11.6 Å². The molecule has 1 saturated carbocycles. The predicted molar refractivity (Wildman–Crippen MR) is 82.0 cm³/mol. The first-order valence-corrected chi connectivity index (χ1v) is 8.21. The van der Waals surface area contributed by atoms with Crippen LogP contribution in [-0.2, 0) is 6.42 Å². The van der Waals surface area contributed by atoms with Crippen LogP contribution in [0.4, 0.5) is 4.39 Å². The van der Waals surface area contributed by atoms with Crippen molar-refractivity contribution in [2.45, 2.75) is 38.1 Å². The number of halogens is 1. The molecule has 22 heavy (non-hydrogen) atoms. The summed E-state index contributed by atoms with van der Waals surface area (Å²) < 4.78 is 19.2. The Hall–Kier alpha value is -1.68. The van der Waals surface area contributed by atoms with Crippen LogP contribution in [0.15, 0.2) is 34.9 Å². The van der Waals surface area contributed by atoms with Crippen molar-refractivity contribution < 1.29 is 8.81 Å². The van der Waals surface area contributed by atoms with Gasteiger partial charge in [-0.1, -0.05) is 12.1 Å². The molecular formula is C18H21FN2O. The van der Waals surface area contributed by atoms with Gasteiger partial charge in [0.25, 0.3) is 0 Å². The molecule has 0 radical (unpaired) electrons. The van der Waals surface area contributed by atoms with Gasteiger partial charge >= 0.3 is 0 Å². The number of aromatic nitrogens is 1. The molecule has 0 bridgehead atoms. The molecule has 0 amide bonds. The fraction of sp³-hybridized carbons (Fsp3) is 0.500. The number of benzene rings is 1. The molecule has 2 heterocycles. The average Bonchev–Trinajstić information content (AvgIpc) is 2.99. The highest BCUT2D eigenvalue weighted by atomic mass is 19.1. The lowest BCUT2D eigenvalue weighted by atomic mass is 10.1. The highest BCUT2D eigenvalue weighted by molar-refractivity contribution is 5.21. The minimum absolute atomic E-state index is 0.205. The van der Waals surface area contributed by atoms with Gasteiger partial charge in [-0.25, -0.2) is 9.37 Å². The molecule has 1 aliphatic heterocycles. The van der Waals surface area contributed by atoms with Gasteiger partial charge in [0.15, 0.2) is 0 Å². The van der Waals surface area contributed by atoms with E-state index in [0.717, 1.165) is 36.1 Å². The molecule has 4 rings (SSSR count). The van der Waals surface area contributed by atoms with Crippen molar-refractivity contribution in [2.75, 3.05) is 13.1 Å². The standard InChI is InChI=1S/C18H21FN2O/c19-15-4-1-3-14(9-15)10-16-11-20-18(22-16)17-5-2-8-21(17)12-13-6-7-13/h1,3-4,9,11,13,17H,2,5-8,10,12H2. The third kappa shape index (κ3) is 3.07. The van der Waals surface area contributed by atoms with Crippen LogP contribution in [0.2, 0.25) is 0 Å². The third-order valence-electron chi connectivity index (χ3n) is 4.68. The summed E-state index contributed by atoms with van der Waals surface area (Å²) in [6.07, 6.45) is 7.50. The number of oxazole rings is 1. The van der Waals surface area contributed by atoms with Gasteiger partial charge in [-0.05, 0) is 55.8 Å². The summed E-state index contributed by atoms with van der Waals surface area (Å²) in [7, 11) is 0.